The molecule has 0 unspecified atom stereocenters. The van der Waals surface area contributed by atoms with E-state index in [0.29, 0.717) is 36.7 Å². The number of aliphatic hydroxyl groups excluding tert-OH is 1. The summed E-state index contributed by atoms with van der Waals surface area (Å²) in [5, 5.41) is 24.0. The van der Waals surface area contributed by atoms with Crippen LogP contribution in [0.25, 0.3) is 21.7 Å². The molecule has 84 heavy (non-hydrogen) atoms. The number of aliphatic hydroxyl groups is 1. The summed E-state index contributed by atoms with van der Waals surface area (Å²) >= 11 is 1.64. The molecular formula is C68H94N10O5S. The molecule has 5 N–H and O–H groups in total. The number of aromatic nitrogens is 3. The minimum absolute atomic E-state index is 0.00408. The molecule has 2 aliphatic rings. The van der Waals surface area contributed by atoms with Crippen molar-refractivity contribution in [1.29, 1.82) is 0 Å². The summed E-state index contributed by atoms with van der Waals surface area (Å²) in [6.45, 7) is 23.1. The molecule has 15 nitrogen and oxygen atoms in total. The molecule has 0 spiro atoms. The summed E-state index contributed by atoms with van der Waals surface area (Å²) in [5.74, 6) is 0.335. The number of nitrogens with zero attached hydrogens (tertiary/aromatic N) is 6. The first-order valence-corrected chi connectivity index (χ1v) is 31.9. The van der Waals surface area contributed by atoms with Gasteiger partial charge in [0.25, 0.3) is 5.91 Å². The van der Waals surface area contributed by atoms with Gasteiger partial charge in [0.05, 0.1) is 33.9 Å². The summed E-state index contributed by atoms with van der Waals surface area (Å²) in [7, 11) is 0. The van der Waals surface area contributed by atoms with Crippen molar-refractivity contribution in [3.63, 3.8) is 0 Å². The third-order valence-electron chi connectivity index (χ3n) is 16.3. The van der Waals surface area contributed by atoms with Crippen LogP contribution in [0.2, 0.25) is 0 Å². The Bertz CT molecular complexity index is 2890. The molecular weight excluding hydrogens is 1070 g/mol. The molecule has 0 saturated carbocycles. The third-order valence-corrected chi connectivity index (χ3v) is 17.3. The second kappa shape index (κ2) is 33.7. The summed E-state index contributed by atoms with van der Waals surface area (Å²) in [6, 6.07) is 33.9. The summed E-state index contributed by atoms with van der Waals surface area (Å²) in [5.41, 5.74) is 11.4. The highest BCUT2D eigenvalue weighted by molar-refractivity contribution is 7.13. The zero-order valence-corrected chi connectivity index (χ0v) is 51.6. The maximum absolute atomic E-state index is 13.5. The van der Waals surface area contributed by atoms with E-state index in [1.54, 1.807) is 17.5 Å². The van der Waals surface area contributed by atoms with Crippen molar-refractivity contribution < 1.29 is 24.2 Å². The number of benzene rings is 4. The number of likely N-dealkylation sites (tertiary alicyclic amines) is 1. The standard InChI is InChI=1S/C68H94N10O5S/c1-51-22-31-58(44-61(51)75-67-70-34-32-60(74-67)55-20-12-10-13-21-55)73-65(80)57-29-25-54(26-30-57)47-77-38-36-76(37-39-77)35-15-7-9-17-41-83-43-19-11-18-42-82-40-16-8-6-14-33-69-63(68(3,4)5)49-78-48-59(79)45-62(78)66(81)71-46-53-23-27-56(28-24-53)64-52(2)72-50-84-64/h10,12-13,20-32,34,44,50,59,62-63,69,79H,6-9,11,14-19,33,35-43,45-49H2,1-5H3,(H,71,81)(H,73,80)(H,70,74,75)/t59-,62+,63-/m1/s1. The maximum Gasteiger partial charge on any atom is 0.255 e. The molecule has 2 saturated heterocycles. The molecule has 2 aromatic heterocycles. The van der Waals surface area contributed by atoms with Gasteiger partial charge in [-0.2, -0.15) is 0 Å². The number of unbranched alkanes of at least 4 members (excludes halogenated alkanes) is 8. The smallest absolute Gasteiger partial charge is 0.255 e. The molecule has 4 aromatic carbocycles. The van der Waals surface area contributed by atoms with Crippen LogP contribution in [0.1, 0.15) is 131 Å². The van der Waals surface area contributed by atoms with Crippen LogP contribution in [0.15, 0.2) is 115 Å². The Kier molecular flexibility index (Phi) is 25.7. The predicted octanol–water partition coefficient (Wildman–Crippen LogP) is 12.1. The van der Waals surface area contributed by atoms with E-state index in [1.807, 2.05) is 86.1 Å². The van der Waals surface area contributed by atoms with E-state index in [1.165, 1.54) is 29.7 Å². The number of carbonyl (C=O) groups is 2. The summed E-state index contributed by atoms with van der Waals surface area (Å²) in [6.07, 6.45) is 14.4. The van der Waals surface area contributed by atoms with Crippen molar-refractivity contribution in [3.05, 3.63) is 143 Å². The molecule has 0 aliphatic carbocycles. The van der Waals surface area contributed by atoms with Crippen molar-refractivity contribution in [2.45, 2.75) is 143 Å². The average Bonchev–Trinajstić information content (AvgIpc) is 4.32. The van der Waals surface area contributed by atoms with Crippen molar-refractivity contribution in [2.75, 3.05) is 89.4 Å². The minimum Gasteiger partial charge on any atom is -0.392 e. The first-order chi connectivity index (χ1) is 40.8. The van der Waals surface area contributed by atoms with Gasteiger partial charge in [0.1, 0.15) is 0 Å². The zero-order chi connectivity index (χ0) is 58.9. The molecule has 452 valence electrons. The molecule has 3 atom stereocenters. The third kappa shape index (κ3) is 20.9. The Morgan fingerprint density at radius 3 is 2.06 bits per heavy atom. The number of β-amino-alcohol motifs (C(OH)–C–C–N with tert-alkyl or cyclic N) is 1. The predicted molar refractivity (Wildman–Crippen MR) is 342 cm³/mol. The second-order valence-corrected chi connectivity index (χ2v) is 24.9. The van der Waals surface area contributed by atoms with Gasteiger partial charge < -0.3 is 40.7 Å². The summed E-state index contributed by atoms with van der Waals surface area (Å²) < 4.78 is 11.9. The number of aryl methyl sites for hydroxylation is 2. The lowest BCUT2D eigenvalue weighted by atomic mass is 9.86. The fourth-order valence-corrected chi connectivity index (χ4v) is 11.9. The van der Waals surface area contributed by atoms with E-state index in [2.05, 4.69) is 103 Å². The van der Waals surface area contributed by atoms with Gasteiger partial charge in [-0.05, 0) is 136 Å². The van der Waals surface area contributed by atoms with E-state index in [-0.39, 0.29) is 29.3 Å². The van der Waals surface area contributed by atoms with Crippen LogP contribution in [0.5, 0.6) is 0 Å². The average molecular weight is 1160 g/mol. The first-order valence-electron chi connectivity index (χ1n) is 31.0. The van der Waals surface area contributed by atoms with Gasteiger partial charge in [-0.3, -0.25) is 19.4 Å². The second-order valence-electron chi connectivity index (χ2n) is 24.1. The molecule has 0 bridgehead atoms. The summed E-state index contributed by atoms with van der Waals surface area (Å²) in [4.78, 5) is 48.7. The fourth-order valence-electron chi connectivity index (χ4n) is 11.1. The number of hydrogen-bond donors (Lipinski definition) is 5. The highest BCUT2D eigenvalue weighted by atomic mass is 32.1. The van der Waals surface area contributed by atoms with Gasteiger partial charge in [-0.15, -0.1) is 11.3 Å². The van der Waals surface area contributed by atoms with Crippen LogP contribution in [0, 0.1) is 19.3 Å². The normalized spacial score (nSPS) is 16.5. The maximum atomic E-state index is 13.5. The molecule has 2 fully saturated rings. The molecule has 16 heteroatoms. The van der Waals surface area contributed by atoms with Crippen LogP contribution in [-0.2, 0) is 27.4 Å². The van der Waals surface area contributed by atoms with Gasteiger partial charge in [0.2, 0.25) is 11.9 Å². The molecule has 0 radical (unpaired) electrons. The highest BCUT2D eigenvalue weighted by Crippen LogP contribution is 2.29. The Morgan fingerprint density at radius 1 is 0.726 bits per heavy atom. The van der Waals surface area contributed by atoms with Crippen LogP contribution in [0.3, 0.4) is 0 Å². The SMILES string of the molecule is Cc1ccc(NC(=O)c2ccc(CN3CCN(CCCCCCOCCCCCOCCCCCCN[C@H](CN4C[C@H](O)C[C@H]4C(=O)NCc4ccc(-c5scnc5C)cc4)C(C)(C)C)CC3)cc2)cc1Nc1nccc(-c2ccccc2)n1. The molecule has 2 aliphatic heterocycles. The lowest BCUT2D eigenvalue weighted by Crippen LogP contribution is -2.52. The van der Waals surface area contributed by atoms with Crippen molar-refractivity contribution in [2.24, 2.45) is 5.41 Å². The lowest BCUT2D eigenvalue weighted by Gasteiger charge is -2.36. The number of nitrogens with one attached hydrogen (secondary N) is 4. The fraction of sp³-hybridized carbons (Fsp3) is 0.515. The van der Waals surface area contributed by atoms with Gasteiger partial charge in [-0.1, -0.05) is 119 Å². The van der Waals surface area contributed by atoms with E-state index < -0.39 is 6.10 Å². The van der Waals surface area contributed by atoms with E-state index in [0.717, 1.165) is 169 Å². The van der Waals surface area contributed by atoms with Crippen LogP contribution < -0.4 is 21.3 Å². The molecule has 6 aromatic rings. The van der Waals surface area contributed by atoms with Gasteiger partial charge in [0.15, 0.2) is 0 Å². The number of rotatable bonds is 34. The van der Waals surface area contributed by atoms with Crippen molar-refractivity contribution >= 4 is 40.5 Å². The van der Waals surface area contributed by atoms with Crippen LogP contribution >= 0.6 is 11.3 Å². The van der Waals surface area contributed by atoms with Gasteiger partial charge in [-0.25, -0.2) is 15.0 Å². The Hall–Kier alpha value is -5.95. The van der Waals surface area contributed by atoms with Crippen LogP contribution in [0.4, 0.5) is 17.3 Å². The number of amides is 2. The number of carbonyl (C=O) groups excluding carboxylic acids is 2. The number of ether oxygens (including phenoxy) is 2. The Morgan fingerprint density at radius 2 is 1.38 bits per heavy atom. The van der Waals surface area contributed by atoms with E-state index in [4.69, 9.17) is 14.5 Å². The molecule has 4 heterocycles. The lowest BCUT2D eigenvalue weighted by molar-refractivity contribution is -0.125. The van der Waals surface area contributed by atoms with Crippen molar-refractivity contribution in [3.8, 4) is 21.7 Å². The first kappa shape index (κ1) is 64.1. The minimum atomic E-state index is -0.500. The molecule has 2 amide bonds. The van der Waals surface area contributed by atoms with Gasteiger partial charge in [0, 0.05) is 114 Å². The zero-order valence-electron chi connectivity index (χ0n) is 50.8. The van der Waals surface area contributed by atoms with E-state index >= 15 is 0 Å². The van der Waals surface area contributed by atoms with Crippen LogP contribution in [-0.4, -0.2) is 144 Å². The topological polar surface area (TPSA) is 169 Å². The number of anilines is 3. The number of hydrogen-bond acceptors (Lipinski definition) is 14. The Balaban J connectivity index is 0.582. The number of thiazole rings is 1. The quantitative estimate of drug-likeness (QED) is 0.0242. The van der Waals surface area contributed by atoms with E-state index in [9.17, 15) is 14.7 Å². The van der Waals surface area contributed by atoms with Gasteiger partial charge >= 0.3 is 0 Å². The monoisotopic (exact) mass is 1160 g/mol. The number of piperazine rings is 1. The Labute approximate surface area is 504 Å². The largest absolute Gasteiger partial charge is 0.392 e. The molecule has 8 rings (SSSR count). The van der Waals surface area contributed by atoms with Crippen molar-refractivity contribution in [1.82, 2.24) is 40.3 Å². The highest BCUT2D eigenvalue weighted by Gasteiger charge is 2.39.